The minimum Gasteiger partial charge on any atom is -0.478 e. The van der Waals surface area contributed by atoms with Gasteiger partial charge in [0.1, 0.15) is 0 Å². The number of benzene rings is 1. The number of carboxylic acid groups (broad SMARTS) is 1. The zero-order valence-corrected chi connectivity index (χ0v) is 12.0. The Hall–Kier alpha value is -1.88. The van der Waals surface area contributed by atoms with Crippen LogP contribution < -0.4 is 0 Å². The number of aliphatic hydroxyl groups excluding tert-OH is 1. The van der Waals surface area contributed by atoms with E-state index in [-0.39, 0.29) is 24.1 Å². The van der Waals surface area contributed by atoms with Gasteiger partial charge in [0.05, 0.1) is 12.2 Å². The minimum absolute atomic E-state index is 0.0601. The predicted octanol–water partition coefficient (Wildman–Crippen LogP) is 2.15. The molecule has 0 unspecified atom stereocenters. The number of hydrogen-bond donors (Lipinski definition) is 2. The fraction of sp³-hybridized carbons (Fsp3) is 0.500. The first-order valence-corrected chi connectivity index (χ1v) is 7.38. The normalized spacial score (nSPS) is 15.7. The Morgan fingerprint density at radius 2 is 1.62 bits per heavy atom. The molecule has 114 valence electrons. The SMILES string of the molecule is O=C(O)c1ccc(C(=O)N(CCO)C2CCCCC2)cc1. The van der Waals surface area contributed by atoms with Crippen LogP contribution in [0.15, 0.2) is 24.3 Å². The first-order chi connectivity index (χ1) is 10.1. The van der Waals surface area contributed by atoms with E-state index < -0.39 is 5.97 Å². The van der Waals surface area contributed by atoms with Crippen molar-refractivity contribution < 1.29 is 19.8 Å². The van der Waals surface area contributed by atoms with Gasteiger partial charge in [-0.3, -0.25) is 4.79 Å². The van der Waals surface area contributed by atoms with Crippen molar-refractivity contribution in [1.82, 2.24) is 4.90 Å². The number of nitrogens with zero attached hydrogens (tertiary/aromatic N) is 1. The summed E-state index contributed by atoms with van der Waals surface area (Å²) in [5.74, 6) is -1.14. The number of amides is 1. The Kier molecular flexibility index (Phi) is 5.33. The van der Waals surface area contributed by atoms with Crippen LogP contribution in [-0.2, 0) is 0 Å². The van der Waals surface area contributed by atoms with Crippen molar-refractivity contribution in [3.8, 4) is 0 Å². The number of carboxylic acids is 1. The molecule has 0 radical (unpaired) electrons. The zero-order valence-electron chi connectivity index (χ0n) is 12.0. The van der Waals surface area contributed by atoms with Gasteiger partial charge >= 0.3 is 5.97 Å². The maximum Gasteiger partial charge on any atom is 0.335 e. The number of carbonyl (C=O) groups is 2. The van der Waals surface area contributed by atoms with Crippen LogP contribution in [0.5, 0.6) is 0 Å². The quantitative estimate of drug-likeness (QED) is 0.871. The van der Waals surface area contributed by atoms with Crippen molar-refractivity contribution in [3.05, 3.63) is 35.4 Å². The summed E-state index contributed by atoms with van der Waals surface area (Å²) in [7, 11) is 0. The molecule has 0 spiro atoms. The Morgan fingerprint density at radius 1 is 1.05 bits per heavy atom. The van der Waals surface area contributed by atoms with Crippen LogP contribution in [0.4, 0.5) is 0 Å². The molecule has 5 heteroatoms. The average Bonchev–Trinajstić information content (AvgIpc) is 2.53. The Morgan fingerprint density at radius 3 is 2.14 bits per heavy atom. The van der Waals surface area contributed by atoms with E-state index in [0.29, 0.717) is 12.1 Å². The lowest BCUT2D eigenvalue weighted by Crippen LogP contribution is -2.43. The Labute approximate surface area is 124 Å². The summed E-state index contributed by atoms with van der Waals surface area (Å²) in [6.07, 6.45) is 5.36. The highest BCUT2D eigenvalue weighted by Crippen LogP contribution is 2.24. The standard InChI is InChI=1S/C16H21NO4/c18-11-10-17(14-4-2-1-3-5-14)15(19)12-6-8-13(9-7-12)16(20)21/h6-9,14,18H,1-5,10-11H2,(H,20,21). The summed E-state index contributed by atoms with van der Waals surface area (Å²) in [4.78, 5) is 25.2. The largest absolute Gasteiger partial charge is 0.478 e. The highest BCUT2D eigenvalue weighted by Gasteiger charge is 2.25. The molecule has 0 heterocycles. The molecule has 1 aromatic rings. The van der Waals surface area contributed by atoms with Crippen LogP contribution in [0.2, 0.25) is 0 Å². The van der Waals surface area contributed by atoms with Gasteiger partial charge in [0, 0.05) is 18.2 Å². The van der Waals surface area contributed by atoms with Crippen LogP contribution in [-0.4, -0.2) is 46.2 Å². The third kappa shape index (κ3) is 3.82. The van der Waals surface area contributed by atoms with Crippen LogP contribution in [0, 0.1) is 0 Å². The molecule has 0 saturated heterocycles. The van der Waals surface area contributed by atoms with E-state index in [1.807, 2.05) is 0 Å². The summed E-state index contributed by atoms with van der Waals surface area (Å²) in [5, 5.41) is 18.1. The first kappa shape index (κ1) is 15.5. The molecule has 5 nitrogen and oxygen atoms in total. The van der Waals surface area contributed by atoms with Gasteiger partial charge < -0.3 is 15.1 Å². The number of aliphatic hydroxyl groups is 1. The van der Waals surface area contributed by atoms with Crippen LogP contribution in [0.3, 0.4) is 0 Å². The van der Waals surface area contributed by atoms with E-state index in [4.69, 9.17) is 5.11 Å². The third-order valence-corrected chi connectivity index (χ3v) is 4.00. The fourth-order valence-corrected chi connectivity index (χ4v) is 2.87. The second-order valence-electron chi connectivity index (χ2n) is 5.40. The van der Waals surface area contributed by atoms with Crippen LogP contribution in [0.1, 0.15) is 52.8 Å². The van der Waals surface area contributed by atoms with Crippen molar-refractivity contribution in [2.24, 2.45) is 0 Å². The number of rotatable bonds is 5. The lowest BCUT2D eigenvalue weighted by molar-refractivity contribution is 0.0584. The molecule has 2 rings (SSSR count). The molecule has 1 aromatic carbocycles. The van der Waals surface area contributed by atoms with Gasteiger partial charge in [0.2, 0.25) is 0 Å². The second-order valence-corrected chi connectivity index (χ2v) is 5.40. The van der Waals surface area contributed by atoms with Crippen molar-refractivity contribution in [1.29, 1.82) is 0 Å². The summed E-state index contributed by atoms with van der Waals surface area (Å²) < 4.78 is 0. The maximum absolute atomic E-state index is 12.6. The molecule has 21 heavy (non-hydrogen) atoms. The van der Waals surface area contributed by atoms with Gasteiger partial charge in [0.15, 0.2) is 0 Å². The van der Waals surface area contributed by atoms with Crippen molar-refractivity contribution in [2.75, 3.05) is 13.2 Å². The third-order valence-electron chi connectivity index (χ3n) is 4.00. The number of hydrogen-bond acceptors (Lipinski definition) is 3. The molecular weight excluding hydrogens is 270 g/mol. The smallest absolute Gasteiger partial charge is 0.335 e. The Bertz CT molecular complexity index is 492. The van der Waals surface area contributed by atoms with E-state index >= 15 is 0 Å². The van der Waals surface area contributed by atoms with Crippen molar-refractivity contribution in [3.63, 3.8) is 0 Å². The van der Waals surface area contributed by atoms with Gasteiger partial charge in [-0.25, -0.2) is 4.79 Å². The molecular formula is C16H21NO4. The molecule has 1 fully saturated rings. The average molecular weight is 291 g/mol. The van der Waals surface area contributed by atoms with Gasteiger partial charge in [-0.05, 0) is 37.1 Å². The molecule has 1 aliphatic rings. The summed E-state index contributed by atoms with van der Waals surface area (Å²) in [6.45, 7) is 0.264. The number of aromatic carboxylic acids is 1. The van der Waals surface area contributed by atoms with E-state index in [2.05, 4.69) is 0 Å². The van der Waals surface area contributed by atoms with Gasteiger partial charge in [-0.15, -0.1) is 0 Å². The molecule has 1 amide bonds. The van der Waals surface area contributed by atoms with Crippen molar-refractivity contribution in [2.45, 2.75) is 38.1 Å². The molecule has 1 aliphatic carbocycles. The second kappa shape index (κ2) is 7.22. The molecule has 0 aliphatic heterocycles. The number of carbonyl (C=O) groups excluding carboxylic acids is 1. The molecule has 0 atom stereocenters. The molecule has 0 aromatic heterocycles. The Balaban J connectivity index is 2.14. The first-order valence-electron chi connectivity index (χ1n) is 7.38. The van der Waals surface area contributed by atoms with Gasteiger partial charge in [-0.1, -0.05) is 19.3 Å². The van der Waals surface area contributed by atoms with E-state index in [1.165, 1.54) is 18.6 Å². The monoisotopic (exact) mass is 291 g/mol. The molecule has 1 saturated carbocycles. The van der Waals surface area contributed by atoms with E-state index in [1.54, 1.807) is 17.0 Å². The minimum atomic E-state index is -1.01. The lowest BCUT2D eigenvalue weighted by Gasteiger charge is -2.34. The van der Waals surface area contributed by atoms with Crippen LogP contribution in [0.25, 0.3) is 0 Å². The maximum atomic E-state index is 12.6. The topological polar surface area (TPSA) is 77.8 Å². The lowest BCUT2D eigenvalue weighted by atomic mass is 9.93. The van der Waals surface area contributed by atoms with Crippen molar-refractivity contribution >= 4 is 11.9 Å². The molecule has 2 N–H and O–H groups in total. The summed E-state index contributed by atoms with van der Waals surface area (Å²) in [5.41, 5.74) is 0.636. The van der Waals surface area contributed by atoms with E-state index in [9.17, 15) is 14.7 Å². The van der Waals surface area contributed by atoms with E-state index in [0.717, 1.165) is 25.7 Å². The van der Waals surface area contributed by atoms with Crippen LogP contribution >= 0.6 is 0 Å². The van der Waals surface area contributed by atoms with Gasteiger partial charge in [-0.2, -0.15) is 0 Å². The molecule has 0 bridgehead atoms. The highest BCUT2D eigenvalue weighted by atomic mass is 16.4. The summed E-state index contributed by atoms with van der Waals surface area (Å²) in [6, 6.07) is 6.14. The zero-order chi connectivity index (χ0) is 15.2. The van der Waals surface area contributed by atoms with Gasteiger partial charge in [0.25, 0.3) is 5.91 Å². The highest BCUT2D eigenvalue weighted by molar-refractivity contribution is 5.96. The fourth-order valence-electron chi connectivity index (χ4n) is 2.87. The summed E-state index contributed by atoms with van der Waals surface area (Å²) >= 11 is 0. The predicted molar refractivity (Wildman–Crippen MR) is 78.4 cm³/mol.